The minimum absolute atomic E-state index is 0.0166. The molecule has 40 heavy (non-hydrogen) atoms. The molecule has 1 aliphatic carbocycles. The van der Waals surface area contributed by atoms with E-state index in [1.54, 1.807) is 7.11 Å². The first-order valence-corrected chi connectivity index (χ1v) is 14.4. The van der Waals surface area contributed by atoms with Gasteiger partial charge in [0, 0.05) is 42.7 Å². The van der Waals surface area contributed by atoms with Crippen LogP contribution in [0.15, 0.2) is 85.1 Å². The Bertz CT molecular complexity index is 1410. The summed E-state index contributed by atoms with van der Waals surface area (Å²) in [5.41, 5.74) is 4.53. The highest BCUT2D eigenvalue weighted by molar-refractivity contribution is 5.88. The Morgan fingerprint density at radius 3 is 2.42 bits per heavy atom. The van der Waals surface area contributed by atoms with E-state index in [2.05, 4.69) is 36.2 Å². The van der Waals surface area contributed by atoms with Crippen molar-refractivity contribution in [2.24, 2.45) is 5.92 Å². The van der Waals surface area contributed by atoms with Crippen molar-refractivity contribution >= 4 is 22.7 Å². The van der Waals surface area contributed by atoms with Crippen LogP contribution in [0.4, 0.5) is 0 Å². The van der Waals surface area contributed by atoms with E-state index < -0.39 is 0 Å². The normalized spacial score (nSPS) is 16.1. The number of hydrogen-bond donors (Lipinski definition) is 1. The molecule has 2 amide bonds. The zero-order valence-electron chi connectivity index (χ0n) is 23.5. The number of nitrogens with zero attached hydrogens (tertiary/aromatic N) is 2. The van der Waals surface area contributed by atoms with Crippen LogP contribution >= 0.6 is 0 Å². The molecule has 0 bridgehead atoms. The molecule has 6 heteroatoms. The lowest BCUT2D eigenvalue weighted by Crippen LogP contribution is -2.44. The minimum atomic E-state index is -0.0340. The van der Waals surface area contributed by atoms with Crippen molar-refractivity contribution in [1.29, 1.82) is 0 Å². The van der Waals surface area contributed by atoms with Gasteiger partial charge >= 0.3 is 0 Å². The van der Waals surface area contributed by atoms with Crippen LogP contribution in [0.5, 0.6) is 5.75 Å². The van der Waals surface area contributed by atoms with E-state index in [-0.39, 0.29) is 30.2 Å². The number of ether oxygens (including phenoxy) is 1. The molecule has 3 aromatic carbocycles. The maximum absolute atomic E-state index is 13.9. The number of aromatic amines is 1. The van der Waals surface area contributed by atoms with Gasteiger partial charge < -0.3 is 19.5 Å². The molecule has 0 saturated heterocycles. The molecule has 1 aliphatic rings. The van der Waals surface area contributed by atoms with Crippen molar-refractivity contribution in [3.63, 3.8) is 0 Å². The van der Waals surface area contributed by atoms with E-state index in [9.17, 15) is 9.59 Å². The average Bonchev–Trinajstić information content (AvgIpc) is 3.70. The predicted molar refractivity (Wildman–Crippen MR) is 159 cm³/mol. The number of benzene rings is 3. The number of fused-ring (bicyclic) bond motifs is 1. The number of methoxy groups -OCH3 is 1. The summed E-state index contributed by atoms with van der Waals surface area (Å²) in [5, 5.41) is 1.18. The van der Waals surface area contributed by atoms with Crippen molar-refractivity contribution in [2.45, 2.75) is 45.1 Å². The molecule has 0 radical (unpaired) electrons. The van der Waals surface area contributed by atoms with Gasteiger partial charge in [-0.3, -0.25) is 9.59 Å². The van der Waals surface area contributed by atoms with Crippen LogP contribution in [0.1, 0.15) is 48.8 Å². The van der Waals surface area contributed by atoms with Crippen LogP contribution in [-0.2, 0) is 22.6 Å². The van der Waals surface area contributed by atoms with Crippen LogP contribution < -0.4 is 4.74 Å². The first-order chi connectivity index (χ1) is 19.6. The second-order valence-electron chi connectivity index (χ2n) is 10.7. The third-order valence-electron chi connectivity index (χ3n) is 7.97. The third kappa shape index (κ3) is 6.56. The summed E-state index contributed by atoms with van der Waals surface area (Å²) in [6.07, 6.45) is 5.48. The maximum atomic E-state index is 13.9. The SMILES string of the molecule is CCCCN(CC(=O)N(CCc1c[nH]c2ccccc12)Cc1ccc(OC)cc1)C(=O)C1CC1c1ccccc1. The van der Waals surface area contributed by atoms with E-state index in [0.717, 1.165) is 42.5 Å². The minimum Gasteiger partial charge on any atom is -0.497 e. The smallest absolute Gasteiger partial charge is 0.242 e. The second-order valence-corrected chi connectivity index (χ2v) is 10.7. The molecule has 4 aromatic rings. The van der Waals surface area contributed by atoms with Gasteiger partial charge in [0.1, 0.15) is 5.75 Å². The molecular weight excluding hydrogens is 498 g/mol. The van der Waals surface area contributed by atoms with Crippen LogP contribution in [0.3, 0.4) is 0 Å². The van der Waals surface area contributed by atoms with Gasteiger partial charge in [-0.2, -0.15) is 0 Å². The summed E-state index contributed by atoms with van der Waals surface area (Å²) in [7, 11) is 1.65. The first kappa shape index (κ1) is 27.5. The van der Waals surface area contributed by atoms with Gasteiger partial charge in [0.15, 0.2) is 0 Å². The molecule has 6 nitrogen and oxygen atoms in total. The van der Waals surface area contributed by atoms with E-state index in [4.69, 9.17) is 4.74 Å². The molecule has 1 heterocycles. The Morgan fingerprint density at radius 2 is 1.68 bits per heavy atom. The number of carbonyl (C=O) groups excluding carboxylic acids is 2. The highest BCUT2D eigenvalue weighted by Gasteiger charge is 2.45. The molecule has 2 unspecified atom stereocenters. The molecule has 1 saturated carbocycles. The number of rotatable bonds is 13. The van der Waals surface area contributed by atoms with Crippen molar-refractivity contribution in [3.8, 4) is 5.75 Å². The Morgan fingerprint density at radius 1 is 0.925 bits per heavy atom. The molecular formula is C34H39N3O3. The Labute approximate surface area is 236 Å². The maximum Gasteiger partial charge on any atom is 0.242 e. The van der Waals surface area contributed by atoms with Gasteiger partial charge in [-0.15, -0.1) is 0 Å². The lowest BCUT2D eigenvalue weighted by Gasteiger charge is -2.28. The van der Waals surface area contributed by atoms with Crippen LogP contribution in [0, 0.1) is 5.92 Å². The number of carbonyl (C=O) groups is 2. The van der Waals surface area contributed by atoms with Crippen molar-refractivity contribution < 1.29 is 14.3 Å². The monoisotopic (exact) mass is 537 g/mol. The summed E-state index contributed by atoms with van der Waals surface area (Å²) < 4.78 is 5.32. The highest BCUT2D eigenvalue weighted by Crippen LogP contribution is 2.48. The van der Waals surface area contributed by atoms with Crippen molar-refractivity contribution in [1.82, 2.24) is 14.8 Å². The summed E-state index contributed by atoms with van der Waals surface area (Å²) in [6.45, 7) is 3.89. The van der Waals surface area contributed by atoms with Crippen molar-refractivity contribution in [3.05, 3.63) is 102 Å². The Balaban J connectivity index is 1.31. The predicted octanol–water partition coefficient (Wildman–Crippen LogP) is 6.18. The second kappa shape index (κ2) is 12.9. The highest BCUT2D eigenvalue weighted by atomic mass is 16.5. The van der Waals surface area contributed by atoms with Gasteiger partial charge in [-0.25, -0.2) is 0 Å². The Hall–Kier alpha value is -4.06. The summed E-state index contributed by atoms with van der Waals surface area (Å²) >= 11 is 0. The Kier molecular flexibility index (Phi) is 8.84. The molecule has 5 rings (SSSR count). The molecule has 1 aromatic heterocycles. The number of para-hydroxylation sites is 1. The van der Waals surface area contributed by atoms with Gasteiger partial charge in [0.05, 0.1) is 13.7 Å². The average molecular weight is 538 g/mol. The number of H-pyrrole nitrogens is 1. The van der Waals surface area contributed by atoms with Crippen LogP contribution in [0.25, 0.3) is 10.9 Å². The zero-order chi connectivity index (χ0) is 27.9. The first-order valence-electron chi connectivity index (χ1n) is 14.4. The molecule has 208 valence electrons. The van der Waals surface area contributed by atoms with Gasteiger partial charge in [0.2, 0.25) is 11.8 Å². The standard InChI is InChI=1S/C34H39N3O3/c1-3-4-19-37(34(39)31-21-30(31)26-10-6-5-7-11-26)24-33(38)36(23-25-14-16-28(40-2)17-15-25)20-18-27-22-35-32-13-9-8-12-29(27)32/h5-17,22,30-31,35H,3-4,18-21,23-24H2,1-2H3. The largest absolute Gasteiger partial charge is 0.497 e. The lowest BCUT2D eigenvalue weighted by atomic mass is 10.1. The summed E-state index contributed by atoms with van der Waals surface area (Å²) in [4.78, 5) is 34.5. The van der Waals surface area contributed by atoms with Gasteiger partial charge in [-0.05, 0) is 60.1 Å². The van der Waals surface area contributed by atoms with Crippen LogP contribution in [-0.4, -0.2) is 53.3 Å². The topological polar surface area (TPSA) is 65.6 Å². The number of hydrogen-bond acceptors (Lipinski definition) is 3. The summed E-state index contributed by atoms with van der Waals surface area (Å²) in [6, 6.07) is 26.3. The summed E-state index contributed by atoms with van der Waals surface area (Å²) in [5.74, 6) is 1.10. The van der Waals surface area contributed by atoms with Gasteiger partial charge in [-0.1, -0.05) is 74.0 Å². The molecule has 0 aliphatic heterocycles. The van der Waals surface area contributed by atoms with Gasteiger partial charge in [0.25, 0.3) is 0 Å². The fourth-order valence-corrected chi connectivity index (χ4v) is 5.49. The molecule has 1 N–H and O–H groups in total. The van der Waals surface area contributed by atoms with E-state index in [1.165, 1.54) is 16.5 Å². The number of amides is 2. The quantitative estimate of drug-likeness (QED) is 0.222. The number of aromatic nitrogens is 1. The molecule has 2 atom stereocenters. The third-order valence-corrected chi connectivity index (χ3v) is 7.97. The van der Waals surface area contributed by atoms with Crippen molar-refractivity contribution in [2.75, 3.05) is 26.7 Å². The fraction of sp³-hybridized carbons (Fsp3) is 0.353. The number of unbranched alkanes of at least 4 members (excludes halogenated alkanes) is 1. The van der Waals surface area contributed by atoms with E-state index in [1.807, 2.05) is 70.6 Å². The van der Waals surface area contributed by atoms with E-state index >= 15 is 0 Å². The lowest BCUT2D eigenvalue weighted by molar-refractivity contribution is -0.141. The zero-order valence-corrected chi connectivity index (χ0v) is 23.5. The molecule has 0 spiro atoms. The van der Waals surface area contributed by atoms with E-state index in [0.29, 0.717) is 19.6 Å². The van der Waals surface area contributed by atoms with Crippen LogP contribution in [0.2, 0.25) is 0 Å². The fourth-order valence-electron chi connectivity index (χ4n) is 5.49. The molecule has 1 fully saturated rings. The number of nitrogens with one attached hydrogen (secondary N) is 1.